The number of carbonyl (C=O) groups excluding carboxylic acids is 4. The normalized spacial score (nSPS) is 25.1. The average molecular weight is 356 g/mol. The van der Waals surface area contributed by atoms with Crippen molar-refractivity contribution in [2.45, 2.75) is 38.3 Å². The summed E-state index contributed by atoms with van der Waals surface area (Å²) >= 11 is 0. The van der Waals surface area contributed by atoms with E-state index in [9.17, 15) is 19.2 Å². The summed E-state index contributed by atoms with van der Waals surface area (Å²) in [5, 5.41) is 2.79. The molecule has 3 aliphatic heterocycles. The van der Waals surface area contributed by atoms with Crippen LogP contribution in [0.4, 0.5) is 16.2 Å². The molecule has 8 heteroatoms. The Labute approximate surface area is 150 Å². The molecule has 4 rings (SSSR count). The monoisotopic (exact) mass is 356 g/mol. The first-order valence-electron chi connectivity index (χ1n) is 8.80. The quantitative estimate of drug-likeness (QED) is 0.806. The number of fused-ring (bicyclic) bond motifs is 2. The molecule has 1 N–H and O–H groups in total. The molecule has 2 saturated heterocycles. The van der Waals surface area contributed by atoms with E-state index in [4.69, 9.17) is 0 Å². The first kappa shape index (κ1) is 16.6. The number of hydrogen-bond donors (Lipinski definition) is 1. The zero-order chi connectivity index (χ0) is 18.4. The minimum Gasteiger partial charge on any atom is -0.324 e. The lowest BCUT2D eigenvalue weighted by Crippen LogP contribution is -2.47. The molecule has 136 valence electrons. The van der Waals surface area contributed by atoms with Gasteiger partial charge in [-0.2, -0.15) is 0 Å². The van der Waals surface area contributed by atoms with Crippen LogP contribution in [0, 0.1) is 0 Å². The number of nitrogens with zero attached hydrogens (tertiary/aromatic N) is 3. The predicted molar refractivity (Wildman–Crippen MR) is 93.5 cm³/mol. The van der Waals surface area contributed by atoms with Crippen LogP contribution in [0.2, 0.25) is 0 Å². The fourth-order valence-electron chi connectivity index (χ4n) is 4.01. The van der Waals surface area contributed by atoms with E-state index in [1.165, 1.54) is 4.90 Å². The third kappa shape index (κ3) is 2.53. The SMILES string of the molecule is C[C@H]1CC(=O)Nc2ccccc2N1C(=O)CN1C(=O)[C@H]2CCCN2C1=O. The Morgan fingerprint density at radius 2 is 2.00 bits per heavy atom. The van der Waals surface area contributed by atoms with E-state index in [0.29, 0.717) is 24.3 Å². The maximum Gasteiger partial charge on any atom is 0.327 e. The first-order valence-corrected chi connectivity index (χ1v) is 8.80. The van der Waals surface area contributed by atoms with Gasteiger partial charge in [0.1, 0.15) is 12.6 Å². The van der Waals surface area contributed by atoms with Gasteiger partial charge < -0.3 is 15.1 Å². The number of benzene rings is 1. The molecule has 0 spiro atoms. The smallest absolute Gasteiger partial charge is 0.324 e. The third-order valence-electron chi connectivity index (χ3n) is 5.20. The van der Waals surface area contributed by atoms with Crippen molar-refractivity contribution in [3.63, 3.8) is 0 Å². The van der Waals surface area contributed by atoms with Crippen LogP contribution in [0.15, 0.2) is 24.3 Å². The van der Waals surface area contributed by atoms with Crippen molar-refractivity contribution in [1.82, 2.24) is 9.80 Å². The highest BCUT2D eigenvalue weighted by Gasteiger charge is 2.48. The molecule has 1 aromatic rings. The van der Waals surface area contributed by atoms with Crippen LogP contribution in [-0.2, 0) is 14.4 Å². The Hall–Kier alpha value is -2.90. The Balaban J connectivity index is 1.60. The van der Waals surface area contributed by atoms with Crippen molar-refractivity contribution in [3.8, 4) is 0 Å². The molecule has 5 amide bonds. The second-order valence-electron chi connectivity index (χ2n) is 6.94. The first-order chi connectivity index (χ1) is 12.5. The Morgan fingerprint density at radius 1 is 1.23 bits per heavy atom. The summed E-state index contributed by atoms with van der Waals surface area (Å²) in [4.78, 5) is 54.1. The second kappa shape index (κ2) is 6.12. The minimum atomic E-state index is -0.424. The summed E-state index contributed by atoms with van der Waals surface area (Å²) in [5.74, 6) is -0.843. The van der Waals surface area contributed by atoms with Crippen molar-refractivity contribution < 1.29 is 19.2 Å². The van der Waals surface area contributed by atoms with E-state index in [1.54, 1.807) is 36.1 Å². The highest BCUT2D eigenvalue weighted by molar-refractivity contribution is 6.10. The van der Waals surface area contributed by atoms with E-state index in [-0.39, 0.29) is 36.7 Å². The standard InChI is InChI=1S/C18H20N4O4/c1-11-9-15(23)19-12-5-2-3-6-13(12)22(11)16(24)10-21-17(25)14-7-4-8-20(14)18(21)26/h2-3,5-6,11,14H,4,7-10H2,1H3,(H,19,23)/t11-,14+/m0/s1. The maximum atomic E-state index is 13.0. The lowest BCUT2D eigenvalue weighted by atomic mass is 10.1. The molecule has 0 saturated carbocycles. The van der Waals surface area contributed by atoms with E-state index < -0.39 is 12.1 Å². The molecule has 3 aliphatic rings. The van der Waals surface area contributed by atoms with E-state index >= 15 is 0 Å². The second-order valence-corrected chi connectivity index (χ2v) is 6.94. The molecule has 0 unspecified atom stereocenters. The molecule has 2 fully saturated rings. The number of anilines is 2. The van der Waals surface area contributed by atoms with Gasteiger partial charge in [0.15, 0.2) is 0 Å². The summed E-state index contributed by atoms with van der Waals surface area (Å²) in [6.45, 7) is 2.03. The number of rotatable bonds is 2. The number of urea groups is 1. The van der Waals surface area contributed by atoms with Gasteiger partial charge in [-0.25, -0.2) is 4.79 Å². The van der Waals surface area contributed by atoms with E-state index in [0.717, 1.165) is 11.3 Å². The van der Waals surface area contributed by atoms with Crippen LogP contribution < -0.4 is 10.2 Å². The molecule has 2 atom stereocenters. The topological polar surface area (TPSA) is 90.0 Å². The number of amides is 5. The molecule has 0 radical (unpaired) electrons. The van der Waals surface area contributed by atoms with Crippen molar-refractivity contribution in [3.05, 3.63) is 24.3 Å². The molecule has 26 heavy (non-hydrogen) atoms. The summed E-state index contributed by atoms with van der Waals surface area (Å²) in [6.07, 6.45) is 1.61. The number of nitrogens with one attached hydrogen (secondary N) is 1. The third-order valence-corrected chi connectivity index (χ3v) is 5.20. The molecular weight excluding hydrogens is 336 g/mol. The largest absolute Gasteiger partial charge is 0.327 e. The van der Waals surface area contributed by atoms with Gasteiger partial charge in [0.2, 0.25) is 11.8 Å². The Kier molecular flexibility index (Phi) is 3.90. The van der Waals surface area contributed by atoms with Crippen molar-refractivity contribution in [2.24, 2.45) is 0 Å². The van der Waals surface area contributed by atoms with Gasteiger partial charge in [-0.15, -0.1) is 0 Å². The summed E-state index contributed by atoms with van der Waals surface area (Å²) in [5.41, 5.74) is 1.13. The lowest BCUT2D eigenvalue weighted by Gasteiger charge is -2.29. The molecule has 0 bridgehead atoms. The summed E-state index contributed by atoms with van der Waals surface area (Å²) in [7, 11) is 0. The number of para-hydroxylation sites is 2. The van der Waals surface area contributed by atoms with Crippen molar-refractivity contribution in [2.75, 3.05) is 23.3 Å². The predicted octanol–water partition coefficient (Wildman–Crippen LogP) is 1.18. The molecule has 0 aromatic heterocycles. The van der Waals surface area contributed by atoms with Gasteiger partial charge in [-0.3, -0.25) is 19.3 Å². The maximum absolute atomic E-state index is 13.0. The van der Waals surface area contributed by atoms with Crippen molar-refractivity contribution in [1.29, 1.82) is 0 Å². The van der Waals surface area contributed by atoms with Gasteiger partial charge in [0, 0.05) is 19.0 Å². The van der Waals surface area contributed by atoms with Crippen LogP contribution in [0.3, 0.4) is 0 Å². The Bertz CT molecular complexity index is 786. The van der Waals surface area contributed by atoms with Gasteiger partial charge in [0.25, 0.3) is 5.91 Å². The zero-order valence-electron chi connectivity index (χ0n) is 14.5. The number of carbonyl (C=O) groups is 4. The van der Waals surface area contributed by atoms with Crippen LogP contribution in [0.25, 0.3) is 0 Å². The highest BCUT2D eigenvalue weighted by Crippen LogP contribution is 2.32. The molecule has 1 aromatic carbocycles. The van der Waals surface area contributed by atoms with E-state index in [2.05, 4.69) is 5.32 Å². The highest BCUT2D eigenvalue weighted by atomic mass is 16.2. The van der Waals surface area contributed by atoms with Crippen LogP contribution in [0.5, 0.6) is 0 Å². The number of hydrogen-bond acceptors (Lipinski definition) is 4. The zero-order valence-corrected chi connectivity index (χ0v) is 14.5. The Morgan fingerprint density at radius 3 is 2.77 bits per heavy atom. The van der Waals surface area contributed by atoms with Gasteiger partial charge in [0.05, 0.1) is 11.4 Å². The van der Waals surface area contributed by atoms with Gasteiger partial charge >= 0.3 is 6.03 Å². The lowest BCUT2D eigenvalue weighted by molar-refractivity contribution is -0.131. The molecule has 8 nitrogen and oxygen atoms in total. The molecule has 3 heterocycles. The van der Waals surface area contributed by atoms with Gasteiger partial charge in [-0.05, 0) is 31.9 Å². The average Bonchev–Trinajstić information content (AvgIpc) is 3.12. The van der Waals surface area contributed by atoms with Crippen LogP contribution >= 0.6 is 0 Å². The van der Waals surface area contributed by atoms with Crippen LogP contribution in [-0.4, -0.2) is 58.7 Å². The number of imide groups is 1. The molecule has 0 aliphatic carbocycles. The fourth-order valence-corrected chi connectivity index (χ4v) is 4.01. The fraction of sp³-hybridized carbons (Fsp3) is 0.444. The minimum absolute atomic E-state index is 0.150. The summed E-state index contributed by atoms with van der Waals surface area (Å²) in [6, 6.07) is 5.85. The van der Waals surface area contributed by atoms with Crippen LogP contribution in [0.1, 0.15) is 26.2 Å². The van der Waals surface area contributed by atoms with Crippen molar-refractivity contribution >= 4 is 35.1 Å². The van der Waals surface area contributed by atoms with Gasteiger partial charge in [-0.1, -0.05) is 12.1 Å². The summed E-state index contributed by atoms with van der Waals surface area (Å²) < 4.78 is 0. The molecular formula is C18H20N4O4. The van der Waals surface area contributed by atoms with E-state index in [1.807, 2.05) is 0 Å².